The number of ether oxygens (including phenoxy) is 1. The minimum Gasteiger partial charge on any atom is -0.383 e. The monoisotopic (exact) mass is 417 g/mol. The largest absolute Gasteiger partial charge is 0.383 e. The van der Waals surface area contributed by atoms with Gasteiger partial charge in [-0.1, -0.05) is 25.4 Å². The molecule has 1 saturated heterocycles. The summed E-state index contributed by atoms with van der Waals surface area (Å²) in [7, 11) is -2.09. The summed E-state index contributed by atoms with van der Waals surface area (Å²) in [5.74, 6) is 0.271. The normalized spacial score (nSPS) is 16.6. The molecule has 27 heavy (non-hydrogen) atoms. The molecule has 0 radical (unpaired) electrons. The number of rotatable bonds is 8. The van der Waals surface area contributed by atoms with Crippen LogP contribution in [0.4, 0.5) is 0 Å². The summed E-state index contributed by atoms with van der Waals surface area (Å²) in [6.07, 6.45) is 2.45. The van der Waals surface area contributed by atoms with Gasteiger partial charge in [0, 0.05) is 45.4 Å². The van der Waals surface area contributed by atoms with Crippen LogP contribution in [0.1, 0.15) is 26.7 Å². The van der Waals surface area contributed by atoms with E-state index in [4.69, 9.17) is 16.3 Å². The van der Waals surface area contributed by atoms with Crippen LogP contribution in [-0.4, -0.2) is 68.4 Å². The summed E-state index contributed by atoms with van der Waals surface area (Å²) in [4.78, 5) is 18.6. The first-order valence-corrected chi connectivity index (χ1v) is 11.0. The number of sulfonamides is 1. The molecule has 0 bridgehead atoms. The van der Waals surface area contributed by atoms with Gasteiger partial charge in [-0.05, 0) is 30.9 Å². The Morgan fingerprint density at radius 2 is 2.07 bits per heavy atom. The van der Waals surface area contributed by atoms with Gasteiger partial charge in [-0.3, -0.25) is 4.79 Å². The van der Waals surface area contributed by atoms with E-state index in [0.29, 0.717) is 51.5 Å². The van der Waals surface area contributed by atoms with Crippen molar-refractivity contribution in [2.24, 2.45) is 11.8 Å². The lowest BCUT2D eigenvalue weighted by Gasteiger charge is -2.34. The molecule has 2 rings (SSSR count). The molecular weight excluding hydrogens is 390 g/mol. The number of methoxy groups -OCH3 is 1. The van der Waals surface area contributed by atoms with Crippen molar-refractivity contribution in [1.29, 1.82) is 0 Å². The maximum absolute atomic E-state index is 12.9. The predicted octanol–water partition coefficient (Wildman–Crippen LogP) is 2.27. The van der Waals surface area contributed by atoms with E-state index >= 15 is 0 Å². The first kappa shape index (κ1) is 22.1. The highest BCUT2D eigenvalue weighted by Crippen LogP contribution is 2.27. The van der Waals surface area contributed by atoms with Gasteiger partial charge in [-0.15, -0.1) is 0 Å². The zero-order chi connectivity index (χ0) is 20.0. The fraction of sp³-hybridized carbons (Fsp3) is 0.667. The molecule has 0 spiro atoms. The second kappa shape index (κ2) is 9.82. The molecule has 0 aromatic carbocycles. The molecule has 0 aliphatic carbocycles. The SMILES string of the molecule is COCCN(CC(C)C)C(=O)C1CCN(S(=O)(=O)c2cccnc2Cl)CC1. The van der Waals surface area contributed by atoms with Gasteiger partial charge in [0.1, 0.15) is 10.0 Å². The number of nitrogens with zero attached hydrogens (tertiary/aromatic N) is 3. The summed E-state index contributed by atoms with van der Waals surface area (Å²) < 4.78 is 32.1. The minimum atomic E-state index is -3.70. The van der Waals surface area contributed by atoms with E-state index < -0.39 is 10.0 Å². The maximum Gasteiger partial charge on any atom is 0.246 e. The molecule has 7 nitrogen and oxygen atoms in total. The van der Waals surface area contributed by atoms with Gasteiger partial charge in [-0.2, -0.15) is 4.31 Å². The van der Waals surface area contributed by atoms with Crippen molar-refractivity contribution in [1.82, 2.24) is 14.2 Å². The molecule has 1 aromatic heterocycles. The maximum atomic E-state index is 12.9. The number of piperidine rings is 1. The van der Waals surface area contributed by atoms with E-state index in [0.717, 1.165) is 0 Å². The van der Waals surface area contributed by atoms with E-state index in [9.17, 15) is 13.2 Å². The summed E-state index contributed by atoms with van der Waals surface area (Å²) in [6, 6.07) is 3.01. The number of carbonyl (C=O) groups is 1. The van der Waals surface area contributed by atoms with Crippen LogP contribution in [0, 0.1) is 11.8 Å². The van der Waals surface area contributed by atoms with E-state index in [2.05, 4.69) is 18.8 Å². The number of pyridine rings is 1. The summed E-state index contributed by atoms with van der Waals surface area (Å²) in [5, 5.41) is -0.0293. The molecule has 152 valence electrons. The number of hydrogen-bond donors (Lipinski definition) is 0. The number of hydrogen-bond acceptors (Lipinski definition) is 5. The Hall–Kier alpha value is -1.22. The summed E-state index contributed by atoms with van der Waals surface area (Å²) >= 11 is 5.96. The molecular formula is C18H28ClN3O4S. The second-order valence-electron chi connectivity index (χ2n) is 7.14. The average molecular weight is 418 g/mol. The molecule has 1 fully saturated rings. The molecule has 1 aliphatic heterocycles. The van der Waals surface area contributed by atoms with Gasteiger partial charge < -0.3 is 9.64 Å². The summed E-state index contributed by atoms with van der Waals surface area (Å²) in [5.41, 5.74) is 0. The average Bonchev–Trinajstić information content (AvgIpc) is 2.64. The zero-order valence-corrected chi connectivity index (χ0v) is 17.7. The smallest absolute Gasteiger partial charge is 0.246 e. The Morgan fingerprint density at radius 3 is 2.63 bits per heavy atom. The van der Waals surface area contributed by atoms with E-state index in [1.165, 1.54) is 16.6 Å². The lowest BCUT2D eigenvalue weighted by atomic mass is 9.96. The fourth-order valence-electron chi connectivity index (χ4n) is 3.24. The quantitative estimate of drug-likeness (QED) is 0.606. The van der Waals surface area contributed by atoms with Crippen LogP contribution >= 0.6 is 11.6 Å². The number of halogens is 1. The molecule has 2 heterocycles. The Kier molecular flexibility index (Phi) is 8.03. The van der Waals surface area contributed by atoms with Crippen LogP contribution < -0.4 is 0 Å². The molecule has 1 aromatic rings. The number of aromatic nitrogens is 1. The van der Waals surface area contributed by atoms with Gasteiger partial charge >= 0.3 is 0 Å². The lowest BCUT2D eigenvalue weighted by Crippen LogP contribution is -2.46. The van der Waals surface area contributed by atoms with E-state index in [1.807, 2.05) is 4.90 Å². The van der Waals surface area contributed by atoms with Crippen LogP contribution in [0.2, 0.25) is 5.15 Å². The summed E-state index contributed by atoms with van der Waals surface area (Å²) in [6.45, 7) is 6.45. The Labute approximate surface area is 166 Å². The first-order valence-electron chi connectivity index (χ1n) is 9.15. The van der Waals surface area contributed by atoms with E-state index in [1.54, 1.807) is 13.2 Å². The zero-order valence-electron chi connectivity index (χ0n) is 16.1. The Morgan fingerprint density at radius 1 is 1.41 bits per heavy atom. The molecule has 0 saturated carbocycles. The molecule has 0 atom stereocenters. The van der Waals surface area contributed by atoms with Gasteiger partial charge in [0.05, 0.1) is 6.61 Å². The Balaban J connectivity index is 2.03. The number of amides is 1. The van der Waals surface area contributed by atoms with Crippen LogP contribution in [0.15, 0.2) is 23.2 Å². The van der Waals surface area contributed by atoms with Crippen molar-refractivity contribution in [2.75, 3.05) is 39.9 Å². The third kappa shape index (κ3) is 5.63. The molecule has 1 amide bonds. The topological polar surface area (TPSA) is 79.8 Å². The van der Waals surface area contributed by atoms with Crippen molar-refractivity contribution in [3.05, 3.63) is 23.5 Å². The Bertz CT molecular complexity index is 734. The van der Waals surface area contributed by atoms with Crippen LogP contribution in [-0.2, 0) is 19.6 Å². The van der Waals surface area contributed by atoms with Gasteiger partial charge in [-0.25, -0.2) is 13.4 Å². The van der Waals surface area contributed by atoms with Crippen molar-refractivity contribution in [2.45, 2.75) is 31.6 Å². The van der Waals surface area contributed by atoms with Crippen molar-refractivity contribution in [3.8, 4) is 0 Å². The third-order valence-electron chi connectivity index (χ3n) is 4.61. The molecule has 0 N–H and O–H groups in total. The van der Waals surface area contributed by atoms with Gasteiger partial charge in [0.2, 0.25) is 15.9 Å². The highest BCUT2D eigenvalue weighted by molar-refractivity contribution is 7.89. The highest BCUT2D eigenvalue weighted by atomic mass is 35.5. The molecule has 9 heteroatoms. The van der Waals surface area contributed by atoms with Crippen molar-refractivity contribution in [3.63, 3.8) is 0 Å². The van der Waals surface area contributed by atoms with Gasteiger partial charge in [0.25, 0.3) is 0 Å². The van der Waals surface area contributed by atoms with Gasteiger partial charge in [0.15, 0.2) is 0 Å². The standard InChI is InChI=1S/C18H28ClN3O4S/c1-14(2)13-21(11-12-26-3)18(23)15-6-9-22(10-7-15)27(24,25)16-5-4-8-20-17(16)19/h4-5,8,14-15H,6-7,9-13H2,1-3H3. The van der Waals surface area contributed by atoms with Crippen molar-refractivity contribution < 1.29 is 17.9 Å². The van der Waals surface area contributed by atoms with Crippen LogP contribution in [0.5, 0.6) is 0 Å². The molecule has 1 aliphatic rings. The highest BCUT2D eigenvalue weighted by Gasteiger charge is 2.34. The van der Waals surface area contributed by atoms with Crippen LogP contribution in [0.3, 0.4) is 0 Å². The third-order valence-corrected chi connectivity index (χ3v) is 6.95. The van der Waals surface area contributed by atoms with E-state index in [-0.39, 0.29) is 21.9 Å². The minimum absolute atomic E-state index is 0.0120. The number of carbonyl (C=O) groups excluding carboxylic acids is 1. The predicted molar refractivity (Wildman–Crippen MR) is 104 cm³/mol. The molecule has 0 unspecified atom stereocenters. The lowest BCUT2D eigenvalue weighted by molar-refractivity contribution is -0.138. The fourth-order valence-corrected chi connectivity index (χ4v) is 5.14. The first-order chi connectivity index (χ1) is 12.8. The second-order valence-corrected chi connectivity index (χ2v) is 9.41. The van der Waals surface area contributed by atoms with Crippen molar-refractivity contribution >= 4 is 27.5 Å². The van der Waals surface area contributed by atoms with Crippen LogP contribution in [0.25, 0.3) is 0 Å².